The summed E-state index contributed by atoms with van der Waals surface area (Å²) in [6.45, 7) is 1.18. The Kier molecular flexibility index (Phi) is 3.19. The van der Waals surface area contributed by atoms with Crippen molar-refractivity contribution >= 4 is 5.78 Å². The van der Waals surface area contributed by atoms with Crippen LogP contribution in [0.3, 0.4) is 0 Å². The minimum Gasteiger partial charge on any atom is -0.454 e. The topological polar surface area (TPSA) is 47.6 Å². The molecule has 4 heteroatoms. The fourth-order valence-electron chi connectivity index (χ4n) is 2.50. The second kappa shape index (κ2) is 4.98. The third kappa shape index (κ3) is 2.20. The maximum absolute atomic E-state index is 12.4. The molecule has 0 bridgehead atoms. The van der Waals surface area contributed by atoms with Gasteiger partial charge in [0, 0.05) is 5.56 Å². The van der Waals surface area contributed by atoms with Crippen LogP contribution >= 0.6 is 0 Å². The molecule has 4 nitrogen and oxygen atoms in total. The molecular weight excluding hydrogens is 230 g/mol. The predicted octanol–water partition coefficient (Wildman–Crippen LogP) is 2.13. The van der Waals surface area contributed by atoms with Crippen molar-refractivity contribution in [3.8, 4) is 11.5 Å². The summed E-state index contributed by atoms with van der Waals surface area (Å²) < 4.78 is 10.6. The molecule has 0 aromatic heterocycles. The molecule has 0 aliphatic carbocycles. The first-order chi connectivity index (χ1) is 8.84. The van der Waals surface area contributed by atoms with E-state index < -0.39 is 0 Å². The minimum atomic E-state index is -0.0483. The highest BCUT2D eigenvalue weighted by molar-refractivity contribution is 6.00. The molecule has 1 atom stereocenters. The SMILES string of the molecule is O=C(c1ccc2c(c1)OCO2)C1CCCCCN1. The van der Waals surface area contributed by atoms with Gasteiger partial charge in [-0.05, 0) is 37.6 Å². The Morgan fingerprint density at radius 1 is 1.17 bits per heavy atom. The second-order valence-electron chi connectivity index (χ2n) is 4.79. The van der Waals surface area contributed by atoms with E-state index in [2.05, 4.69) is 5.32 Å². The Labute approximate surface area is 106 Å². The van der Waals surface area contributed by atoms with E-state index in [9.17, 15) is 4.79 Å². The highest BCUT2D eigenvalue weighted by atomic mass is 16.7. The van der Waals surface area contributed by atoms with Crippen molar-refractivity contribution in [1.29, 1.82) is 0 Å². The summed E-state index contributed by atoms with van der Waals surface area (Å²) in [6, 6.07) is 5.37. The van der Waals surface area contributed by atoms with Crippen LogP contribution in [0.4, 0.5) is 0 Å². The van der Waals surface area contributed by atoms with Gasteiger partial charge >= 0.3 is 0 Å². The number of nitrogens with one attached hydrogen (secondary N) is 1. The van der Waals surface area contributed by atoms with Gasteiger partial charge in [-0.15, -0.1) is 0 Å². The van der Waals surface area contributed by atoms with Crippen molar-refractivity contribution < 1.29 is 14.3 Å². The van der Waals surface area contributed by atoms with Gasteiger partial charge in [0.2, 0.25) is 6.79 Å². The lowest BCUT2D eigenvalue weighted by Crippen LogP contribution is -2.36. The maximum Gasteiger partial charge on any atom is 0.231 e. The highest BCUT2D eigenvalue weighted by Gasteiger charge is 2.23. The van der Waals surface area contributed by atoms with Crippen LogP contribution in [0.25, 0.3) is 0 Å². The van der Waals surface area contributed by atoms with Crippen LogP contribution in [-0.4, -0.2) is 25.2 Å². The lowest BCUT2D eigenvalue weighted by Gasteiger charge is -2.14. The van der Waals surface area contributed by atoms with Crippen LogP contribution in [0.5, 0.6) is 11.5 Å². The molecule has 0 amide bonds. The van der Waals surface area contributed by atoms with Gasteiger partial charge in [0.1, 0.15) is 0 Å². The van der Waals surface area contributed by atoms with E-state index in [-0.39, 0.29) is 18.6 Å². The summed E-state index contributed by atoms with van der Waals surface area (Å²) in [5.41, 5.74) is 0.707. The Morgan fingerprint density at radius 3 is 3.00 bits per heavy atom. The third-order valence-corrected chi connectivity index (χ3v) is 3.53. The van der Waals surface area contributed by atoms with Crippen LogP contribution in [0.2, 0.25) is 0 Å². The number of carbonyl (C=O) groups excluding carboxylic acids is 1. The summed E-state index contributed by atoms with van der Waals surface area (Å²) in [4.78, 5) is 12.4. The van der Waals surface area contributed by atoms with E-state index in [1.807, 2.05) is 12.1 Å². The van der Waals surface area contributed by atoms with Crippen molar-refractivity contribution in [2.45, 2.75) is 31.7 Å². The standard InChI is InChI=1S/C14H17NO3/c16-14(11-4-2-1-3-7-15-11)10-5-6-12-13(8-10)18-9-17-12/h5-6,8,11,15H,1-4,7,9H2. The van der Waals surface area contributed by atoms with E-state index in [1.54, 1.807) is 6.07 Å². The molecule has 1 unspecified atom stereocenters. The normalized spacial score (nSPS) is 22.6. The summed E-state index contributed by atoms with van der Waals surface area (Å²) in [7, 11) is 0. The molecule has 3 rings (SSSR count). The number of fused-ring (bicyclic) bond motifs is 1. The summed E-state index contributed by atoms with van der Waals surface area (Å²) in [6.07, 6.45) is 4.41. The van der Waals surface area contributed by atoms with Crippen LogP contribution < -0.4 is 14.8 Å². The van der Waals surface area contributed by atoms with Crippen molar-refractivity contribution in [3.63, 3.8) is 0 Å². The summed E-state index contributed by atoms with van der Waals surface area (Å²) in [5.74, 6) is 1.56. The molecule has 96 valence electrons. The van der Waals surface area contributed by atoms with Gasteiger partial charge in [0.25, 0.3) is 0 Å². The monoisotopic (exact) mass is 247 g/mol. The van der Waals surface area contributed by atoms with E-state index in [1.165, 1.54) is 6.42 Å². The Morgan fingerprint density at radius 2 is 2.06 bits per heavy atom. The Hall–Kier alpha value is -1.55. The molecule has 1 aromatic carbocycles. The summed E-state index contributed by atoms with van der Waals surface area (Å²) in [5, 5.41) is 3.33. The Bertz CT molecular complexity index is 450. The first kappa shape index (κ1) is 11.5. The average Bonchev–Trinajstić information content (AvgIpc) is 2.69. The zero-order valence-corrected chi connectivity index (χ0v) is 10.3. The van der Waals surface area contributed by atoms with Gasteiger partial charge in [-0.3, -0.25) is 4.79 Å². The first-order valence-electron chi connectivity index (χ1n) is 6.52. The van der Waals surface area contributed by atoms with Gasteiger partial charge in [-0.2, -0.15) is 0 Å². The number of ketones is 1. The molecule has 1 saturated heterocycles. The molecule has 2 heterocycles. The van der Waals surface area contributed by atoms with Crippen LogP contribution in [-0.2, 0) is 0 Å². The number of carbonyl (C=O) groups is 1. The largest absolute Gasteiger partial charge is 0.454 e. The molecule has 0 saturated carbocycles. The number of hydrogen-bond donors (Lipinski definition) is 1. The van der Waals surface area contributed by atoms with Gasteiger partial charge in [0.15, 0.2) is 17.3 Å². The lowest BCUT2D eigenvalue weighted by molar-refractivity contribution is 0.0940. The molecule has 2 aliphatic rings. The number of benzene rings is 1. The maximum atomic E-state index is 12.4. The lowest BCUT2D eigenvalue weighted by atomic mass is 10.00. The molecule has 1 fully saturated rings. The molecule has 2 aliphatic heterocycles. The number of ether oxygens (including phenoxy) is 2. The van der Waals surface area contributed by atoms with Crippen LogP contribution in [0, 0.1) is 0 Å². The van der Waals surface area contributed by atoms with Gasteiger partial charge in [-0.1, -0.05) is 12.8 Å². The molecule has 0 radical (unpaired) electrons. The van der Waals surface area contributed by atoms with E-state index in [4.69, 9.17) is 9.47 Å². The fraction of sp³-hybridized carbons (Fsp3) is 0.500. The van der Waals surface area contributed by atoms with Crippen molar-refractivity contribution in [2.75, 3.05) is 13.3 Å². The molecule has 0 spiro atoms. The van der Waals surface area contributed by atoms with Gasteiger partial charge in [-0.25, -0.2) is 0 Å². The van der Waals surface area contributed by atoms with Crippen molar-refractivity contribution in [2.24, 2.45) is 0 Å². The van der Waals surface area contributed by atoms with Crippen LogP contribution in [0.1, 0.15) is 36.0 Å². The van der Waals surface area contributed by atoms with Gasteiger partial charge in [0.05, 0.1) is 6.04 Å². The minimum absolute atomic E-state index is 0.0483. The van der Waals surface area contributed by atoms with Gasteiger partial charge < -0.3 is 14.8 Å². The molecular formula is C14H17NO3. The molecule has 1 N–H and O–H groups in total. The zero-order valence-electron chi connectivity index (χ0n) is 10.3. The number of Topliss-reactive ketones (excluding diaryl/α,β-unsaturated/α-hetero) is 1. The van der Waals surface area contributed by atoms with E-state index in [0.29, 0.717) is 11.3 Å². The van der Waals surface area contributed by atoms with Crippen LogP contribution in [0.15, 0.2) is 18.2 Å². The smallest absolute Gasteiger partial charge is 0.231 e. The second-order valence-corrected chi connectivity index (χ2v) is 4.79. The Balaban J connectivity index is 1.79. The summed E-state index contributed by atoms with van der Waals surface area (Å²) >= 11 is 0. The van der Waals surface area contributed by atoms with Crippen molar-refractivity contribution in [3.05, 3.63) is 23.8 Å². The van der Waals surface area contributed by atoms with Crippen molar-refractivity contribution in [1.82, 2.24) is 5.32 Å². The predicted molar refractivity (Wildman–Crippen MR) is 67.2 cm³/mol. The van der Waals surface area contributed by atoms with E-state index >= 15 is 0 Å². The fourth-order valence-corrected chi connectivity index (χ4v) is 2.50. The number of hydrogen-bond acceptors (Lipinski definition) is 4. The average molecular weight is 247 g/mol. The van der Waals surface area contributed by atoms with E-state index in [0.717, 1.165) is 31.6 Å². The highest BCUT2D eigenvalue weighted by Crippen LogP contribution is 2.33. The molecule has 1 aromatic rings. The third-order valence-electron chi connectivity index (χ3n) is 3.53. The zero-order chi connectivity index (χ0) is 12.4. The molecule has 18 heavy (non-hydrogen) atoms. The quantitative estimate of drug-likeness (QED) is 0.813. The number of rotatable bonds is 2. The first-order valence-corrected chi connectivity index (χ1v) is 6.52.